The lowest BCUT2D eigenvalue weighted by molar-refractivity contribution is -0.127. The molecule has 0 saturated carbocycles. The van der Waals surface area contributed by atoms with Crippen LogP contribution in [0, 0.1) is 6.92 Å². The number of hydrogen-bond acceptors (Lipinski definition) is 4. The van der Waals surface area contributed by atoms with E-state index in [0.717, 1.165) is 11.1 Å². The predicted octanol–water partition coefficient (Wildman–Crippen LogP) is 4.53. The van der Waals surface area contributed by atoms with Crippen molar-refractivity contribution < 1.29 is 19.0 Å². The number of benzene rings is 2. The minimum atomic E-state index is -0.629. The van der Waals surface area contributed by atoms with Gasteiger partial charge in [0.25, 0.3) is 5.91 Å². The Balaban J connectivity index is 1.94. The van der Waals surface area contributed by atoms with Gasteiger partial charge < -0.3 is 19.5 Å². The van der Waals surface area contributed by atoms with Gasteiger partial charge in [0.15, 0.2) is 17.6 Å². The summed E-state index contributed by atoms with van der Waals surface area (Å²) in [5, 5.41) is 3.54. The summed E-state index contributed by atoms with van der Waals surface area (Å²) in [5.74, 6) is 1.72. The smallest absolute Gasteiger partial charge is 0.261 e. The quantitative estimate of drug-likeness (QED) is 0.718. The summed E-state index contributed by atoms with van der Waals surface area (Å²) in [4.78, 5) is 12.3. The van der Waals surface area contributed by atoms with Crippen molar-refractivity contribution in [1.82, 2.24) is 5.32 Å². The van der Waals surface area contributed by atoms with Crippen LogP contribution in [0.4, 0.5) is 0 Å². The first-order valence-corrected chi connectivity index (χ1v) is 9.22. The van der Waals surface area contributed by atoms with Crippen LogP contribution < -0.4 is 19.5 Å². The molecular weight excluding hydrogens is 366 g/mol. The number of hydrogen-bond donors (Lipinski definition) is 1. The number of carbonyl (C=O) groups excluding carboxylic acids is 1. The molecule has 146 valence electrons. The summed E-state index contributed by atoms with van der Waals surface area (Å²) in [7, 11) is 1.59. The summed E-state index contributed by atoms with van der Waals surface area (Å²) < 4.78 is 16.8. The van der Waals surface area contributed by atoms with Gasteiger partial charge in [0, 0.05) is 11.6 Å². The van der Waals surface area contributed by atoms with Crippen molar-refractivity contribution in [2.45, 2.75) is 46.4 Å². The zero-order valence-corrected chi connectivity index (χ0v) is 17.1. The molecule has 0 aromatic heterocycles. The molecule has 0 aliphatic rings. The van der Waals surface area contributed by atoms with E-state index < -0.39 is 6.10 Å². The summed E-state index contributed by atoms with van der Waals surface area (Å²) >= 11 is 6.01. The van der Waals surface area contributed by atoms with Crippen LogP contribution in [0.3, 0.4) is 0 Å². The Labute approximate surface area is 165 Å². The van der Waals surface area contributed by atoms with E-state index in [0.29, 0.717) is 28.8 Å². The van der Waals surface area contributed by atoms with Gasteiger partial charge in [0.2, 0.25) is 0 Å². The molecule has 6 heteroatoms. The molecule has 2 aromatic carbocycles. The number of amides is 1. The standard InChI is InChI=1S/C21H26ClNO4/c1-13(2)26-19-9-6-16(11-20(19)25-5)12-23-21(24)15(4)27-17-7-8-18(22)14(3)10-17/h6-11,13,15H,12H2,1-5H3,(H,23,24)/t15-/m1/s1. The van der Waals surface area contributed by atoms with E-state index in [2.05, 4.69) is 5.32 Å². The molecule has 0 heterocycles. The number of halogens is 1. The number of carbonyl (C=O) groups is 1. The van der Waals surface area contributed by atoms with Crippen molar-refractivity contribution in [1.29, 1.82) is 0 Å². The van der Waals surface area contributed by atoms with E-state index in [4.69, 9.17) is 25.8 Å². The second-order valence-corrected chi connectivity index (χ2v) is 6.95. The van der Waals surface area contributed by atoms with Crippen LogP contribution in [0.1, 0.15) is 31.9 Å². The molecule has 0 radical (unpaired) electrons. The molecule has 0 aliphatic carbocycles. The van der Waals surface area contributed by atoms with E-state index >= 15 is 0 Å². The minimum absolute atomic E-state index is 0.0546. The first-order chi connectivity index (χ1) is 12.8. The van der Waals surface area contributed by atoms with Gasteiger partial charge in [0.05, 0.1) is 13.2 Å². The molecule has 2 rings (SSSR count). The Morgan fingerprint density at radius 1 is 1.07 bits per heavy atom. The molecule has 0 fully saturated rings. The molecular formula is C21H26ClNO4. The van der Waals surface area contributed by atoms with Gasteiger partial charge in [-0.05, 0) is 69.2 Å². The van der Waals surface area contributed by atoms with Crippen molar-refractivity contribution in [3.63, 3.8) is 0 Å². The first kappa shape index (κ1) is 20.9. The molecule has 2 aromatic rings. The molecule has 5 nitrogen and oxygen atoms in total. The number of nitrogens with one attached hydrogen (secondary N) is 1. The summed E-state index contributed by atoms with van der Waals surface area (Å²) in [6.45, 7) is 7.87. The Kier molecular flexibility index (Phi) is 7.36. The van der Waals surface area contributed by atoms with Gasteiger partial charge >= 0.3 is 0 Å². The maximum Gasteiger partial charge on any atom is 0.261 e. The lowest BCUT2D eigenvalue weighted by Gasteiger charge is -2.17. The van der Waals surface area contributed by atoms with Gasteiger partial charge in [0.1, 0.15) is 5.75 Å². The van der Waals surface area contributed by atoms with E-state index in [1.165, 1.54) is 0 Å². The summed E-state index contributed by atoms with van der Waals surface area (Å²) in [6.07, 6.45) is -0.574. The fourth-order valence-corrected chi connectivity index (χ4v) is 2.57. The van der Waals surface area contributed by atoms with Crippen LogP contribution in [0.25, 0.3) is 0 Å². The fourth-order valence-electron chi connectivity index (χ4n) is 2.45. The molecule has 27 heavy (non-hydrogen) atoms. The molecule has 0 spiro atoms. The molecule has 0 aliphatic heterocycles. The van der Waals surface area contributed by atoms with Gasteiger partial charge in [-0.3, -0.25) is 4.79 Å². The molecule has 1 atom stereocenters. The Morgan fingerprint density at radius 2 is 1.81 bits per heavy atom. The monoisotopic (exact) mass is 391 g/mol. The highest BCUT2D eigenvalue weighted by atomic mass is 35.5. The van der Waals surface area contributed by atoms with Crippen molar-refractivity contribution in [3.8, 4) is 17.2 Å². The first-order valence-electron chi connectivity index (χ1n) is 8.84. The summed E-state index contributed by atoms with van der Waals surface area (Å²) in [5.41, 5.74) is 1.81. The Bertz CT molecular complexity index is 792. The topological polar surface area (TPSA) is 56.8 Å². The van der Waals surface area contributed by atoms with E-state index in [9.17, 15) is 4.79 Å². The lowest BCUT2D eigenvalue weighted by Crippen LogP contribution is -2.35. The van der Waals surface area contributed by atoms with Gasteiger partial charge in [-0.2, -0.15) is 0 Å². The maximum absolute atomic E-state index is 12.3. The molecule has 1 N–H and O–H groups in total. The van der Waals surface area contributed by atoms with Crippen molar-refractivity contribution in [2.24, 2.45) is 0 Å². The molecule has 0 unspecified atom stereocenters. The molecule has 1 amide bonds. The number of aryl methyl sites for hydroxylation is 1. The zero-order chi connectivity index (χ0) is 20.0. The number of rotatable bonds is 8. The third-order valence-corrected chi connectivity index (χ3v) is 4.29. The van der Waals surface area contributed by atoms with E-state index in [1.807, 2.05) is 45.0 Å². The maximum atomic E-state index is 12.3. The van der Waals surface area contributed by atoms with Crippen LogP contribution in [0.2, 0.25) is 5.02 Å². The highest BCUT2D eigenvalue weighted by Crippen LogP contribution is 2.29. The zero-order valence-electron chi connectivity index (χ0n) is 16.3. The van der Waals surface area contributed by atoms with Gasteiger partial charge in [-0.15, -0.1) is 0 Å². The van der Waals surface area contributed by atoms with Crippen LogP contribution >= 0.6 is 11.6 Å². The second kappa shape index (κ2) is 9.51. The highest BCUT2D eigenvalue weighted by molar-refractivity contribution is 6.31. The average molecular weight is 392 g/mol. The van der Waals surface area contributed by atoms with Crippen LogP contribution in [0.15, 0.2) is 36.4 Å². The van der Waals surface area contributed by atoms with E-state index in [1.54, 1.807) is 26.2 Å². The highest BCUT2D eigenvalue weighted by Gasteiger charge is 2.15. The normalized spacial score (nSPS) is 11.8. The lowest BCUT2D eigenvalue weighted by atomic mass is 10.2. The fraction of sp³-hybridized carbons (Fsp3) is 0.381. The average Bonchev–Trinajstić information content (AvgIpc) is 2.63. The van der Waals surface area contributed by atoms with Crippen molar-refractivity contribution in [2.75, 3.05) is 7.11 Å². The van der Waals surface area contributed by atoms with Crippen molar-refractivity contribution >= 4 is 17.5 Å². The van der Waals surface area contributed by atoms with Crippen LogP contribution in [-0.4, -0.2) is 25.2 Å². The van der Waals surface area contributed by atoms with Crippen molar-refractivity contribution in [3.05, 3.63) is 52.5 Å². The SMILES string of the molecule is COc1cc(CNC(=O)[C@@H](C)Oc2ccc(Cl)c(C)c2)ccc1OC(C)C. The Hall–Kier alpha value is -2.40. The summed E-state index contributed by atoms with van der Waals surface area (Å²) in [6, 6.07) is 10.9. The number of methoxy groups -OCH3 is 1. The third kappa shape index (κ3) is 6.07. The largest absolute Gasteiger partial charge is 0.493 e. The van der Waals surface area contributed by atoms with E-state index in [-0.39, 0.29) is 12.0 Å². The number of ether oxygens (including phenoxy) is 3. The minimum Gasteiger partial charge on any atom is -0.493 e. The van der Waals surface area contributed by atoms with Gasteiger partial charge in [-0.1, -0.05) is 17.7 Å². The molecule has 0 saturated heterocycles. The Morgan fingerprint density at radius 3 is 2.44 bits per heavy atom. The van der Waals surface area contributed by atoms with Gasteiger partial charge in [-0.25, -0.2) is 0 Å². The second-order valence-electron chi connectivity index (χ2n) is 6.54. The van der Waals surface area contributed by atoms with Crippen LogP contribution in [-0.2, 0) is 11.3 Å². The van der Waals surface area contributed by atoms with Crippen LogP contribution in [0.5, 0.6) is 17.2 Å². The third-order valence-electron chi connectivity index (χ3n) is 3.87. The molecule has 0 bridgehead atoms. The predicted molar refractivity (Wildman–Crippen MR) is 107 cm³/mol.